The number of aliphatic hydroxyl groups excluding tert-OH is 1. The normalized spacial score (nSPS) is 14.0. The van der Waals surface area contributed by atoms with Crippen LogP contribution in [0, 0.1) is 5.92 Å². The predicted octanol–water partition coefficient (Wildman–Crippen LogP) is 0.746. The number of ether oxygens (including phenoxy) is 1. The molecule has 0 fully saturated rings. The Kier molecular flexibility index (Phi) is 6.95. The predicted molar refractivity (Wildman–Crippen MR) is 99.9 cm³/mol. The second-order valence-corrected chi connectivity index (χ2v) is 6.61. The summed E-state index contributed by atoms with van der Waals surface area (Å²) in [6.07, 6.45) is 0. The summed E-state index contributed by atoms with van der Waals surface area (Å²) in [6.45, 7) is 4.53. The summed E-state index contributed by atoms with van der Waals surface area (Å²) >= 11 is 0. The Balaban J connectivity index is 2.23. The third-order valence-corrected chi connectivity index (χ3v) is 4.02. The number of amides is 2. The number of nitrogens with zero attached hydrogens (tertiary/aromatic N) is 1. The maximum Gasteiger partial charge on any atom is 0.337 e. The molecule has 0 spiro atoms. The number of anilines is 1. The van der Waals surface area contributed by atoms with Crippen LogP contribution < -0.4 is 10.6 Å². The van der Waals surface area contributed by atoms with Crippen LogP contribution >= 0.6 is 0 Å². The maximum atomic E-state index is 12.5. The molecule has 146 valence electrons. The van der Waals surface area contributed by atoms with Crippen molar-refractivity contribution in [1.82, 2.24) is 10.2 Å². The van der Waals surface area contributed by atoms with Crippen LogP contribution in [0.1, 0.15) is 24.2 Å². The molecule has 0 aliphatic carbocycles. The first-order valence-electron chi connectivity index (χ1n) is 8.74. The number of benzene rings is 1. The minimum atomic E-state index is -0.614. The molecule has 0 saturated carbocycles. The van der Waals surface area contributed by atoms with Gasteiger partial charge in [0.05, 0.1) is 25.8 Å². The Labute approximate surface area is 158 Å². The van der Waals surface area contributed by atoms with E-state index in [1.165, 1.54) is 12.0 Å². The lowest BCUT2D eigenvalue weighted by atomic mass is 10.1. The first kappa shape index (κ1) is 20.4. The van der Waals surface area contributed by atoms with E-state index in [1.54, 1.807) is 24.3 Å². The third-order valence-electron chi connectivity index (χ3n) is 4.02. The van der Waals surface area contributed by atoms with Crippen molar-refractivity contribution in [3.63, 3.8) is 0 Å². The quantitative estimate of drug-likeness (QED) is 0.579. The highest BCUT2D eigenvalue weighted by Gasteiger charge is 2.34. The highest BCUT2D eigenvalue weighted by atomic mass is 16.5. The lowest BCUT2D eigenvalue weighted by Gasteiger charge is -2.15. The van der Waals surface area contributed by atoms with Crippen molar-refractivity contribution < 1.29 is 24.2 Å². The molecule has 1 heterocycles. The van der Waals surface area contributed by atoms with E-state index in [0.29, 0.717) is 23.7 Å². The third kappa shape index (κ3) is 5.07. The number of hydrogen-bond acceptors (Lipinski definition) is 6. The second kappa shape index (κ2) is 9.18. The van der Waals surface area contributed by atoms with Crippen molar-refractivity contribution in [3.8, 4) is 0 Å². The standard InChI is InChI=1S/C19H25N3O5/c1-12(2)10-20-17(24)13-5-4-6-14(9-13)21-16-15(19(26)27-3)11-22(7-8-23)18(16)25/h4-6,9,12,21,23H,7-8,10-11H2,1-3H3,(H,20,24). The van der Waals surface area contributed by atoms with E-state index >= 15 is 0 Å². The maximum absolute atomic E-state index is 12.5. The number of hydrogen-bond donors (Lipinski definition) is 3. The van der Waals surface area contributed by atoms with Gasteiger partial charge in [-0.25, -0.2) is 4.79 Å². The summed E-state index contributed by atoms with van der Waals surface area (Å²) in [4.78, 5) is 38.1. The number of carbonyl (C=O) groups excluding carboxylic acids is 3. The lowest BCUT2D eigenvalue weighted by molar-refractivity contribution is -0.136. The number of rotatable bonds is 8. The molecule has 0 aromatic heterocycles. The molecule has 1 aromatic rings. The van der Waals surface area contributed by atoms with Crippen molar-refractivity contribution >= 4 is 23.5 Å². The van der Waals surface area contributed by atoms with Crippen molar-refractivity contribution in [2.75, 3.05) is 38.7 Å². The van der Waals surface area contributed by atoms with Gasteiger partial charge in [-0.05, 0) is 24.1 Å². The van der Waals surface area contributed by atoms with E-state index in [9.17, 15) is 14.4 Å². The van der Waals surface area contributed by atoms with Gasteiger partial charge >= 0.3 is 5.97 Å². The molecule has 27 heavy (non-hydrogen) atoms. The van der Waals surface area contributed by atoms with Crippen LogP contribution in [-0.2, 0) is 14.3 Å². The molecule has 0 unspecified atom stereocenters. The lowest BCUT2D eigenvalue weighted by Crippen LogP contribution is -2.31. The molecular formula is C19H25N3O5. The van der Waals surface area contributed by atoms with Crippen molar-refractivity contribution in [1.29, 1.82) is 0 Å². The Morgan fingerprint density at radius 1 is 1.33 bits per heavy atom. The van der Waals surface area contributed by atoms with E-state index in [1.807, 2.05) is 13.8 Å². The number of methoxy groups -OCH3 is 1. The minimum absolute atomic E-state index is 0.0585. The van der Waals surface area contributed by atoms with Gasteiger partial charge in [-0.2, -0.15) is 0 Å². The SMILES string of the molecule is COC(=O)C1=C(Nc2cccc(C(=O)NCC(C)C)c2)C(=O)N(CCO)C1. The number of nitrogens with one attached hydrogen (secondary N) is 2. The molecule has 1 aliphatic heterocycles. The summed E-state index contributed by atoms with van der Waals surface area (Å²) in [6, 6.07) is 6.67. The molecule has 8 nitrogen and oxygen atoms in total. The van der Waals surface area contributed by atoms with Crippen LogP contribution in [-0.4, -0.2) is 61.1 Å². The molecule has 2 rings (SSSR count). The zero-order valence-electron chi connectivity index (χ0n) is 15.7. The summed E-state index contributed by atoms with van der Waals surface area (Å²) in [5.74, 6) is -0.901. The summed E-state index contributed by atoms with van der Waals surface area (Å²) in [5.41, 5.74) is 1.22. The molecule has 8 heteroatoms. The number of β-amino-alcohol motifs (C(OH)–C–C–N with tert-alkyl or cyclic N) is 1. The average Bonchev–Trinajstić information content (AvgIpc) is 2.95. The number of aliphatic hydroxyl groups is 1. The van der Waals surface area contributed by atoms with Gasteiger partial charge in [0.15, 0.2) is 0 Å². The Morgan fingerprint density at radius 2 is 2.07 bits per heavy atom. The van der Waals surface area contributed by atoms with E-state index in [4.69, 9.17) is 9.84 Å². The van der Waals surface area contributed by atoms with Gasteiger partial charge in [-0.15, -0.1) is 0 Å². The molecule has 1 aromatic carbocycles. The largest absolute Gasteiger partial charge is 0.466 e. The van der Waals surface area contributed by atoms with E-state index in [0.717, 1.165) is 0 Å². The van der Waals surface area contributed by atoms with Crippen LogP contribution in [0.15, 0.2) is 35.5 Å². The fourth-order valence-electron chi connectivity index (χ4n) is 2.63. The molecular weight excluding hydrogens is 350 g/mol. The van der Waals surface area contributed by atoms with E-state index in [-0.39, 0.29) is 36.9 Å². The van der Waals surface area contributed by atoms with Crippen molar-refractivity contribution in [2.45, 2.75) is 13.8 Å². The number of esters is 1. The Morgan fingerprint density at radius 3 is 2.70 bits per heavy atom. The van der Waals surface area contributed by atoms with Crippen LogP contribution in [0.5, 0.6) is 0 Å². The smallest absolute Gasteiger partial charge is 0.337 e. The zero-order chi connectivity index (χ0) is 20.0. The van der Waals surface area contributed by atoms with Gasteiger partial charge in [-0.1, -0.05) is 19.9 Å². The van der Waals surface area contributed by atoms with Crippen LogP contribution in [0.3, 0.4) is 0 Å². The van der Waals surface area contributed by atoms with E-state index in [2.05, 4.69) is 10.6 Å². The van der Waals surface area contributed by atoms with E-state index < -0.39 is 11.9 Å². The molecule has 0 saturated heterocycles. The van der Waals surface area contributed by atoms with Crippen molar-refractivity contribution in [3.05, 3.63) is 41.1 Å². The van der Waals surface area contributed by atoms with Gasteiger partial charge in [0.1, 0.15) is 5.70 Å². The van der Waals surface area contributed by atoms with Crippen LogP contribution in [0.25, 0.3) is 0 Å². The molecule has 1 aliphatic rings. The van der Waals surface area contributed by atoms with Crippen molar-refractivity contribution in [2.24, 2.45) is 5.92 Å². The highest BCUT2D eigenvalue weighted by Crippen LogP contribution is 2.23. The van der Waals surface area contributed by atoms with Gasteiger partial charge in [0, 0.05) is 24.3 Å². The average molecular weight is 375 g/mol. The summed E-state index contributed by atoms with van der Waals surface area (Å²) in [5, 5.41) is 14.9. The minimum Gasteiger partial charge on any atom is -0.466 e. The zero-order valence-corrected chi connectivity index (χ0v) is 15.7. The molecule has 3 N–H and O–H groups in total. The molecule has 2 amide bonds. The fraction of sp³-hybridized carbons (Fsp3) is 0.421. The van der Waals surface area contributed by atoms with Crippen LogP contribution in [0.2, 0.25) is 0 Å². The molecule has 0 radical (unpaired) electrons. The molecule has 0 bridgehead atoms. The van der Waals surface area contributed by atoms with Gasteiger partial charge in [0.25, 0.3) is 11.8 Å². The monoisotopic (exact) mass is 375 g/mol. The Bertz CT molecular complexity index is 757. The van der Waals surface area contributed by atoms with Gasteiger partial charge in [0.2, 0.25) is 0 Å². The summed E-state index contributed by atoms with van der Waals surface area (Å²) < 4.78 is 4.75. The Hall–Kier alpha value is -2.87. The first-order chi connectivity index (χ1) is 12.9. The van der Waals surface area contributed by atoms with Gasteiger partial charge in [-0.3, -0.25) is 9.59 Å². The fourth-order valence-corrected chi connectivity index (χ4v) is 2.63. The topological polar surface area (TPSA) is 108 Å². The second-order valence-electron chi connectivity index (χ2n) is 6.61. The first-order valence-corrected chi connectivity index (χ1v) is 8.74. The highest BCUT2D eigenvalue weighted by molar-refractivity contribution is 6.08. The summed E-state index contributed by atoms with van der Waals surface area (Å²) in [7, 11) is 1.24. The molecule has 0 atom stereocenters. The number of carbonyl (C=O) groups is 3. The van der Waals surface area contributed by atoms with Gasteiger partial charge < -0.3 is 25.4 Å². The van der Waals surface area contributed by atoms with Crippen LogP contribution in [0.4, 0.5) is 5.69 Å².